The lowest BCUT2D eigenvalue weighted by atomic mass is 9.95. The van der Waals surface area contributed by atoms with E-state index in [4.69, 9.17) is 19.6 Å². The fourth-order valence-corrected chi connectivity index (χ4v) is 4.23. The predicted molar refractivity (Wildman–Crippen MR) is 59.2 cm³/mol. The van der Waals surface area contributed by atoms with Crippen LogP contribution >= 0.6 is 15.2 Å². The average molecular weight is 289 g/mol. The third kappa shape index (κ3) is 3.36. The zero-order valence-electron chi connectivity index (χ0n) is 9.06. The van der Waals surface area contributed by atoms with Crippen LogP contribution in [0.25, 0.3) is 0 Å². The van der Waals surface area contributed by atoms with Gasteiger partial charge in [0.1, 0.15) is 0 Å². The Kier molecular flexibility index (Phi) is 4.56. The molecule has 8 nitrogen and oxygen atoms in total. The predicted octanol–water partition coefficient (Wildman–Crippen LogP) is -0.622. The monoisotopic (exact) mass is 289 g/mol. The summed E-state index contributed by atoms with van der Waals surface area (Å²) in [5.74, 6) is -0.318. The van der Waals surface area contributed by atoms with Gasteiger partial charge in [-0.1, -0.05) is 0 Å². The molecule has 0 amide bonds. The minimum Gasteiger partial charge on any atom is -0.368 e. The Morgan fingerprint density at radius 1 is 1.06 bits per heavy atom. The zero-order chi connectivity index (χ0) is 13.3. The molecule has 0 aliphatic carbocycles. The van der Waals surface area contributed by atoms with E-state index >= 15 is 0 Å². The molecule has 0 aromatic carbocycles. The molecule has 1 saturated heterocycles. The topological polar surface area (TPSA) is 147 Å². The first-order valence-electron chi connectivity index (χ1n) is 5.12. The van der Waals surface area contributed by atoms with E-state index in [1.54, 1.807) is 0 Å². The number of nitrogens with one attached hydrogen (secondary N) is 1. The molecule has 0 bridgehead atoms. The van der Waals surface area contributed by atoms with Gasteiger partial charge in [-0.3, -0.25) is 9.13 Å². The van der Waals surface area contributed by atoms with Crippen molar-refractivity contribution in [3.63, 3.8) is 0 Å². The number of rotatable bonds is 4. The molecule has 1 aliphatic heterocycles. The summed E-state index contributed by atoms with van der Waals surface area (Å²) in [6.07, 6.45) is 0.438. The van der Waals surface area contributed by atoms with E-state index in [-0.39, 0.29) is 5.92 Å². The lowest BCUT2D eigenvalue weighted by Crippen LogP contribution is -2.36. The molecule has 0 radical (unpaired) electrons. The first kappa shape index (κ1) is 15.3. The summed E-state index contributed by atoms with van der Waals surface area (Å²) >= 11 is 0. The van der Waals surface area contributed by atoms with Crippen molar-refractivity contribution in [1.29, 1.82) is 0 Å². The summed E-state index contributed by atoms with van der Waals surface area (Å²) in [4.78, 5) is 35.8. The van der Waals surface area contributed by atoms with Crippen LogP contribution in [-0.4, -0.2) is 42.9 Å². The van der Waals surface area contributed by atoms with Gasteiger partial charge in [-0.25, -0.2) is 0 Å². The summed E-state index contributed by atoms with van der Waals surface area (Å²) in [5.41, 5.74) is 0. The Hall–Kier alpha value is 0.220. The largest absolute Gasteiger partial charge is 0.369 e. The highest BCUT2D eigenvalue weighted by Gasteiger charge is 2.59. The van der Waals surface area contributed by atoms with Crippen LogP contribution in [0.3, 0.4) is 0 Å². The first-order chi connectivity index (χ1) is 7.58. The van der Waals surface area contributed by atoms with Gasteiger partial charge in [0.15, 0.2) is 0 Å². The van der Waals surface area contributed by atoms with Gasteiger partial charge in [0.2, 0.25) is 0 Å². The van der Waals surface area contributed by atoms with E-state index in [0.29, 0.717) is 25.9 Å². The lowest BCUT2D eigenvalue weighted by Gasteiger charge is -2.34. The molecule has 6 N–H and O–H groups in total. The van der Waals surface area contributed by atoms with E-state index in [2.05, 4.69) is 5.32 Å². The highest BCUT2D eigenvalue weighted by molar-refractivity contribution is 7.72. The summed E-state index contributed by atoms with van der Waals surface area (Å²) in [6, 6.07) is 0. The van der Waals surface area contributed by atoms with Crippen LogP contribution in [0.1, 0.15) is 19.3 Å². The van der Waals surface area contributed by atoms with Gasteiger partial charge < -0.3 is 30.0 Å². The van der Waals surface area contributed by atoms with Gasteiger partial charge >= 0.3 is 15.2 Å². The van der Waals surface area contributed by atoms with Crippen molar-refractivity contribution < 1.29 is 33.8 Å². The van der Waals surface area contributed by atoms with Crippen molar-refractivity contribution >= 4 is 15.2 Å². The molecule has 17 heavy (non-hydrogen) atoms. The van der Waals surface area contributed by atoms with Gasteiger partial charge in [0.25, 0.3) is 5.08 Å². The van der Waals surface area contributed by atoms with E-state index in [0.717, 1.165) is 0 Å². The standard InChI is InChI=1S/C7H17NO7P2/c9-7(16(10,11)12,17(13,14)15)5-6-1-3-8-4-2-6/h6,8-9H,1-5H2,(H2,10,11,12)(H2,13,14,15). The second-order valence-corrected chi connectivity index (χ2v) is 8.27. The quantitative estimate of drug-likeness (QED) is 0.375. The molecular formula is C7H17NO7P2. The van der Waals surface area contributed by atoms with Crippen LogP contribution < -0.4 is 5.32 Å². The van der Waals surface area contributed by atoms with E-state index < -0.39 is 26.7 Å². The van der Waals surface area contributed by atoms with E-state index in [9.17, 15) is 14.2 Å². The van der Waals surface area contributed by atoms with E-state index in [1.165, 1.54) is 0 Å². The van der Waals surface area contributed by atoms with Crippen LogP contribution in [-0.2, 0) is 9.13 Å². The number of piperidine rings is 1. The number of aliphatic hydroxyl groups is 1. The molecule has 1 rings (SSSR count). The third-order valence-electron chi connectivity index (χ3n) is 2.95. The van der Waals surface area contributed by atoms with Crippen LogP contribution in [0.15, 0.2) is 0 Å². The van der Waals surface area contributed by atoms with Crippen molar-refractivity contribution in [2.24, 2.45) is 5.92 Å². The molecule has 10 heteroatoms. The van der Waals surface area contributed by atoms with Crippen LogP contribution in [0.2, 0.25) is 0 Å². The molecular weight excluding hydrogens is 272 g/mol. The first-order valence-corrected chi connectivity index (χ1v) is 8.35. The maximum Gasteiger partial charge on any atom is 0.369 e. The molecule has 1 fully saturated rings. The summed E-state index contributed by atoms with van der Waals surface area (Å²) < 4.78 is 22.2. The number of hydrogen-bond acceptors (Lipinski definition) is 4. The maximum absolute atomic E-state index is 11.1. The van der Waals surface area contributed by atoms with Crippen molar-refractivity contribution in [2.75, 3.05) is 13.1 Å². The van der Waals surface area contributed by atoms with Crippen molar-refractivity contribution in [1.82, 2.24) is 5.32 Å². The van der Waals surface area contributed by atoms with Gasteiger partial charge in [-0.15, -0.1) is 0 Å². The Morgan fingerprint density at radius 2 is 1.47 bits per heavy atom. The van der Waals surface area contributed by atoms with Gasteiger partial charge in [0.05, 0.1) is 0 Å². The fourth-order valence-electron chi connectivity index (χ4n) is 1.88. The van der Waals surface area contributed by atoms with Gasteiger partial charge in [-0.05, 0) is 31.8 Å². The zero-order valence-corrected chi connectivity index (χ0v) is 10.8. The van der Waals surface area contributed by atoms with Crippen LogP contribution in [0, 0.1) is 5.92 Å². The molecule has 0 unspecified atom stereocenters. The molecule has 0 spiro atoms. The molecule has 1 heterocycles. The van der Waals surface area contributed by atoms with Crippen LogP contribution in [0.5, 0.6) is 0 Å². The van der Waals surface area contributed by atoms with Crippen molar-refractivity contribution in [3.05, 3.63) is 0 Å². The molecule has 102 valence electrons. The molecule has 0 aromatic heterocycles. The second-order valence-electron chi connectivity index (χ2n) is 4.26. The fraction of sp³-hybridized carbons (Fsp3) is 1.00. The smallest absolute Gasteiger partial charge is 0.368 e. The van der Waals surface area contributed by atoms with Crippen molar-refractivity contribution in [3.8, 4) is 0 Å². The van der Waals surface area contributed by atoms with Gasteiger partial charge in [-0.2, -0.15) is 0 Å². The molecule has 0 atom stereocenters. The molecule has 0 saturated carbocycles. The Morgan fingerprint density at radius 3 is 1.82 bits per heavy atom. The Bertz CT molecular complexity index is 333. The summed E-state index contributed by atoms with van der Waals surface area (Å²) in [6.45, 7) is 1.20. The number of hydrogen-bond donors (Lipinski definition) is 6. The summed E-state index contributed by atoms with van der Waals surface area (Å²) in [5, 5.41) is 9.44. The SMILES string of the molecule is O=P(O)(O)C(O)(CC1CCNCC1)P(=O)(O)O. The highest BCUT2D eigenvalue weighted by atomic mass is 31.2. The molecule has 1 aliphatic rings. The maximum atomic E-state index is 11.1. The highest BCUT2D eigenvalue weighted by Crippen LogP contribution is 2.69. The van der Waals surface area contributed by atoms with E-state index in [1.807, 2.05) is 0 Å². The minimum absolute atomic E-state index is 0.318. The van der Waals surface area contributed by atoms with Crippen molar-refractivity contribution in [2.45, 2.75) is 24.3 Å². The van der Waals surface area contributed by atoms with Gasteiger partial charge in [0, 0.05) is 6.42 Å². The second kappa shape index (κ2) is 5.07. The lowest BCUT2D eigenvalue weighted by molar-refractivity contribution is 0.100. The molecule has 0 aromatic rings. The third-order valence-corrected chi connectivity index (χ3v) is 6.75. The minimum atomic E-state index is -5.30. The normalized spacial score (nSPS) is 20.5. The Balaban J connectivity index is 2.92. The van der Waals surface area contributed by atoms with Crippen LogP contribution in [0.4, 0.5) is 0 Å². The Labute approximate surface area is 98.4 Å². The summed E-state index contributed by atoms with van der Waals surface area (Å²) in [7, 11) is -10.6. The average Bonchev–Trinajstić information content (AvgIpc) is 2.15.